The normalized spacial score (nSPS) is 37.5. The maximum absolute atomic E-state index is 13.9. The van der Waals surface area contributed by atoms with Crippen molar-refractivity contribution in [2.24, 2.45) is 0 Å². The smallest absolute Gasteiger partial charge is 0.316 e. The van der Waals surface area contributed by atoms with Crippen LogP contribution in [0.5, 0.6) is 11.5 Å². The van der Waals surface area contributed by atoms with E-state index in [0.29, 0.717) is 24.8 Å². The Hall–Kier alpha value is -3.55. The first-order valence-corrected chi connectivity index (χ1v) is 20.0. The van der Waals surface area contributed by atoms with E-state index in [4.69, 9.17) is 33.2 Å². The summed E-state index contributed by atoms with van der Waals surface area (Å²) >= 11 is 0. The summed E-state index contributed by atoms with van der Waals surface area (Å²) in [6.07, 6.45) is -5.85. The molecule has 16 heteroatoms. The van der Waals surface area contributed by atoms with Gasteiger partial charge in [0, 0.05) is 42.9 Å². The standard InChI is InChI=1S/C42H55NO15/c1-8-42(51)17-30(21-13-23-24(14-22(21)36(42)41(50)52-7)38(49)35-28(46)10-9-27(45)34(35)37(23)48)56-32-15-25(43(5)6)39(19(3)54-32)58-33-16-29(47)40(20(4)55-33)57-31-12-11-26(44)18(2)53-31/h9-10,13-14,18-20,25-26,29-33,36,39-40,44-47,51H,8,11-12,15-17H2,1-7H3. The number of nitrogens with zero attached hydrogens (tertiary/aromatic N) is 1. The molecule has 2 aliphatic carbocycles. The lowest BCUT2D eigenvalue weighted by molar-refractivity contribution is -0.328. The molecule has 0 bridgehead atoms. The number of likely N-dealkylation sites (N-methyl/N-ethyl adjacent to an activating group) is 1. The van der Waals surface area contributed by atoms with Crippen LogP contribution < -0.4 is 0 Å². The van der Waals surface area contributed by atoms with Gasteiger partial charge in [-0.3, -0.25) is 14.4 Å². The molecule has 58 heavy (non-hydrogen) atoms. The summed E-state index contributed by atoms with van der Waals surface area (Å²) in [5.74, 6) is -4.35. The van der Waals surface area contributed by atoms with Crippen molar-refractivity contribution in [3.8, 4) is 11.5 Å². The number of fused-ring (bicyclic) bond motifs is 3. The molecule has 3 saturated heterocycles. The van der Waals surface area contributed by atoms with Gasteiger partial charge in [0.05, 0.1) is 60.5 Å². The first kappa shape index (κ1) is 42.6. The highest BCUT2D eigenvalue weighted by Gasteiger charge is 2.52. The number of phenols is 2. The van der Waals surface area contributed by atoms with Crippen molar-refractivity contribution in [3.63, 3.8) is 0 Å². The van der Waals surface area contributed by atoms with Gasteiger partial charge in [0.15, 0.2) is 30.4 Å². The minimum atomic E-state index is -1.69. The van der Waals surface area contributed by atoms with Gasteiger partial charge in [0.25, 0.3) is 0 Å². The highest BCUT2D eigenvalue weighted by Crippen LogP contribution is 2.51. The van der Waals surface area contributed by atoms with Crippen LogP contribution in [0.1, 0.15) is 121 Å². The molecule has 14 atom stereocenters. The molecule has 16 nitrogen and oxygen atoms in total. The number of esters is 1. The summed E-state index contributed by atoms with van der Waals surface area (Å²) in [6.45, 7) is 7.14. The zero-order chi connectivity index (χ0) is 42.0. The number of hydrogen-bond acceptors (Lipinski definition) is 16. The van der Waals surface area contributed by atoms with E-state index in [9.17, 15) is 39.9 Å². The molecule has 318 valence electrons. The lowest BCUT2D eigenvalue weighted by Gasteiger charge is -2.48. The Bertz CT molecular complexity index is 1890. The number of aromatic hydroxyl groups is 2. The van der Waals surface area contributed by atoms with E-state index in [1.54, 1.807) is 20.8 Å². The number of methoxy groups -OCH3 is 1. The summed E-state index contributed by atoms with van der Waals surface area (Å²) in [5, 5.41) is 54.5. The number of ether oxygens (including phenoxy) is 7. The number of aliphatic hydroxyl groups is 3. The lowest BCUT2D eigenvalue weighted by Crippen LogP contribution is -2.58. The molecule has 0 radical (unpaired) electrons. The SMILES string of the molecule is CCC1(O)CC(OC2CC(N(C)C)C(OC3CC(O)C(OC4CCC(O)C(C)O4)C(C)O3)C(C)O2)c2cc3c(cc2C1C(=O)OC)C(=O)c1c(O)ccc(O)c1C3=O. The Morgan fingerprint density at radius 2 is 1.34 bits per heavy atom. The second-order valence-corrected chi connectivity index (χ2v) is 16.5. The van der Waals surface area contributed by atoms with Crippen molar-refractivity contribution in [1.29, 1.82) is 0 Å². The molecule has 3 aliphatic heterocycles. The van der Waals surface area contributed by atoms with Gasteiger partial charge >= 0.3 is 5.97 Å². The molecule has 2 aromatic rings. The third kappa shape index (κ3) is 7.68. The lowest BCUT2D eigenvalue weighted by atomic mass is 9.67. The second-order valence-electron chi connectivity index (χ2n) is 16.5. The highest BCUT2D eigenvalue weighted by atomic mass is 16.7. The van der Waals surface area contributed by atoms with Gasteiger partial charge in [-0.25, -0.2) is 0 Å². The average Bonchev–Trinajstić information content (AvgIpc) is 3.17. The zero-order valence-corrected chi connectivity index (χ0v) is 33.8. The van der Waals surface area contributed by atoms with Crippen LogP contribution >= 0.6 is 0 Å². The van der Waals surface area contributed by atoms with Crippen LogP contribution in [-0.4, -0.2) is 142 Å². The third-order valence-corrected chi connectivity index (χ3v) is 12.6. The molecule has 2 aromatic carbocycles. The van der Waals surface area contributed by atoms with Crippen LogP contribution in [0, 0.1) is 0 Å². The first-order valence-electron chi connectivity index (χ1n) is 20.0. The van der Waals surface area contributed by atoms with Crippen molar-refractivity contribution in [2.45, 2.75) is 151 Å². The van der Waals surface area contributed by atoms with Gasteiger partial charge in [0.1, 0.15) is 29.6 Å². The highest BCUT2D eigenvalue weighted by molar-refractivity contribution is 6.30. The van der Waals surface area contributed by atoms with Gasteiger partial charge in [-0.2, -0.15) is 0 Å². The second kappa shape index (κ2) is 16.5. The van der Waals surface area contributed by atoms with Gasteiger partial charge in [-0.15, -0.1) is 0 Å². The van der Waals surface area contributed by atoms with Crippen molar-refractivity contribution in [1.82, 2.24) is 4.90 Å². The number of aliphatic hydroxyl groups excluding tert-OH is 2. The summed E-state index contributed by atoms with van der Waals surface area (Å²) in [5.41, 5.74) is -1.91. The van der Waals surface area contributed by atoms with Crippen LogP contribution in [0.25, 0.3) is 0 Å². The van der Waals surface area contributed by atoms with Crippen molar-refractivity contribution < 1.29 is 73.1 Å². The molecule has 0 aromatic heterocycles. The molecular formula is C42H55NO15. The van der Waals surface area contributed by atoms with E-state index in [2.05, 4.69) is 0 Å². The van der Waals surface area contributed by atoms with E-state index in [0.717, 1.165) is 12.1 Å². The van der Waals surface area contributed by atoms with Crippen LogP contribution in [0.2, 0.25) is 0 Å². The van der Waals surface area contributed by atoms with Crippen molar-refractivity contribution in [3.05, 3.63) is 57.6 Å². The molecule has 5 N–H and O–H groups in total. The maximum Gasteiger partial charge on any atom is 0.316 e. The molecule has 3 heterocycles. The fourth-order valence-corrected chi connectivity index (χ4v) is 9.31. The Morgan fingerprint density at radius 1 is 0.793 bits per heavy atom. The van der Waals surface area contributed by atoms with Crippen molar-refractivity contribution in [2.75, 3.05) is 21.2 Å². The Morgan fingerprint density at radius 3 is 1.90 bits per heavy atom. The molecule has 0 spiro atoms. The average molecular weight is 814 g/mol. The van der Waals surface area contributed by atoms with Gasteiger partial charge in [-0.05, 0) is 83.1 Å². The summed E-state index contributed by atoms with van der Waals surface area (Å²) < 4.78 is 43.0. The predicted octanol–water partition coefficient (Wildman–Crippen LogP) is 2.95. The van der Waals surface area contributed by atoms with E-state index in [1.807, 2.05) is 25.9 Å². The number of carbonyl (C=O) groups is 3. The number of rotatable bonds is 9. The molecule has 14 unspecified atom stereocenters. The molecule has 7 rings (SSSR count). The van der Waals surface area contributed by atoms with Crippen LogP contribution in [0.15, 0.2) is 24.3 Å². The number of phenolic OH excluding ortho intramolecular Hbond substituents is 2. The van der Waals surface area contributed by atoms with E-state index < -0.39 is 102 Å². The van der Waals surface area contributed by atoms with E-state index >= 15 is 0 Å². The fourth-order valence-electron chi connectivity index (χ4n) is 9.31. The van der Waals surface area contributed by atoms with Crippen LogP contribution in [0.3, 0.4) is 0 Å². The minimum absolute atomic E-state index is 0.0509. The Balaban J connectivity index is 1.12. The Labute approximate surface area is 336 Å². The first-order chi connectivity index (χ1) is 27.5. The molecular weight excluding hydrogens is 758 g/mol. The molecule has 0 saturated carbocycles. The van der Waals surface area contributed by atoms with Crippen molar-refractivity contribution >= 4 is 17.5 Å². The third-order valence-electron chi connectivity index (χ3n) is 12.6. The topological polar surface area (TPSA) is 220 Å². The van der Waals surface area contributed by atoms with E-state index in [-0.39, 0.29) is 59.2 Å². The van der Waals surface area contributed by atoms with Crippen LogP contribution in [0.4, 0.5) is 0 Å². The minimum Gasteiger partial charge on any atom is -0.507 e. The molecule has 3 fully saturated rings. The largest absolute Gasteiger partial charge is 0.507 e. The summed E-state index contributed by atoms with van der Waals surface area (Å²) in [4.78, 5) is 43.1. The van der Waals surface area contributed by atoms with Gasteiger partial charge in [-0.1, -0.05) is 6.92 Å². The number of benzene rings is 2. The number of hydrogen-bond donors (Lipinski definition) is 5. The summed E-state index contributed by atoms with van der Waals surface area (Å²) in [7, 11) is 5.00. The maximum atomic E-state index is 13.9. The van der Waals surface area contributed by atoms with E-state index in [1.165, 1.54) is 19.2 Å². The zero-order valence-electron chi connectivity index (χ0n) is 33.8. The van der Waals surface area contributed by atoms with Crippen LogP contribution in [-0.2, 0) is 38.0 Å². The quantitative estimate of drug-likeness (QED) is 0.155. The monoisotopic (exact) mass is 813 g/mol. The molecule has 0 amide bonds. The number of ketones is 2. The Kier molecular flexibility index (Phi) is 12.1. The summed E-state index contributed by atoms with van der Waals surface area (Å²) in [6, 6.07) is 4.82. The number of carbonyl (C=O) groups excluding carboxylic acids is 3. The predicted molar refractivity (Wildman–Crippen MR) is 202 cm³/mol. The van der Waals surface area contributed by atoms with Gasteiger partial charge < -0.3 is 63.6 Å². The fraction of sp³-hybridized carbons (Fsp3) is 0.643. The van der Waals surface area contributed by atoms with Gasteiger partial charge in [0.2, 0.25) is 0 Å². The molecule has 5 aliphatic rings.